The van der Waals surface area contributed by atoms with Gasteiger partial charge in [-0.15, -0.1) is 0 Å². The SMILES string of the molecule is O=C(CN1CCNCC1c1cccc(F)c1)NCC1COc2ccccc2O1. The quantitative estimate of drug-likeness (QED) is 0.821. The zero-order chi connectivity index (χ0) is 19.3. The number of nitrogens with zero attached hydrogens (tertiary/aromatic N) is 1. The average molecular weight is 385 g/mol. The molecule has 6 nitrogen and oxygen atoms in total. The standard InChI is InChI=1S/C21H24FN3O3/c22-16-5-3-4-15(10-16)18-12-23-8-9-25(18)13-21(26)24-11-17-14-27-19-6-1-2-7-20(19)28-17/h1-7,10,17-18,23H,8-9,11-14H2,(H,24,26). The molecule has 0 saturated carbocycles. The van der Waals surface area contributed by atoms with Crippen LogP contribution in [0.3, 0.4) is 0 Å². The van der Waals surface area contributed by atoms with Gasteiger partial charge < -0.3 is 20.1 Å². The number of nitrogens with one attached hydrogen (secondary N) is 2. The van der Waals surface area contributed by atoms with Gasteiger partial charge in [0.05, 0.1) is 13.1 Å². The number of amides is 1. The lowest BCUT2D eigenvalue weighted by Gasteiger charge is -2.36. The van der Waals surface area contributed by atoms with Crippen LogP contribution in [0.1, 0.15) is 11.6 Å². The number of para-hydroxylation sites is 2. The first-order chi connectivity index (χ1) is 13.7. The molecule has 1 fully saturated rings. The Morgan fingerprint density at radius 2 is 2.07 bits per heavy atom. The maximum atomic E-state index is 13.6. The van der Waals surface area contributed by atoms with E-state index in [9.17, 15) is 9.18 Å². The van der Waals surface area contributed by atoms with Gasteiger partial charge in [-0.2, -0.15) is 0 Å². The molecule has 2 aromatic carbocycles. The van der Waals surface area contributed by atoms with E-state index in [4.69, 9.17) is 9.47 Å². The van der Waals surface area contributed by atoms with Crippen molar-refractivity contribution in [1.29, 1.82) is 0 Å². The molecule has 2 N–H and O–H groups in total. The molecule has 2 heterocycles. The van der Waals surface area contributed by atoms with Crippen LogP contribution in [0.5, 0.6) is 11.5 Å². The molecule has 2 unspecified atom stereocenters. The highest BCUT2D eigenvalue weighted by Gasteiger charge is 2.26. The lowest BCUT2D eigenvalue weighted by Crippen LogP contribution is -2.50. The molecule has 4 rings (SSSR count). The van der Waals surface area contributed by atoms with E-state index in [1.165, 1.54) is 12.1 Å². The molecule has 2 atom stereocenters. The van der Waals surface area contributed by atoms with Crippen LogP contribution in [-0.2, 0) is 4.79 Å². The largest absolute Gasteiger partial charge is 0.486 e. The number of piperazine rings is 1. The molecular formula is C21H24FN3O3. The number of hydrogen-bond donors (Lipinski definition) is 2. The minimum atomic E-state index is -0.262. The van der Waals surface area contributed by atoms with E-state index >= 15 is 0 Å². The first-order valence-electron chi connectivity index (χ1n) is 9.54. The second-order valence-corrected chi connectivity index (χ2v) is 7.05. The van der Waals surface area contributed by atoms with Crippen LogP contribution in [0.25, 0.3) is 0 Å². The lowest BCUT2D eigenvalue weighted by atomic mass is 10.0. The van der Waals surface area contributed by atoms with Crippen LogP contribution in [0.2, 0.25) is 0 Å². The van der Waals surface area contributed by atoms with Gasteiger partial charge in [-0.1, -0.05) is 24.3 Å². The Morgan fingerprint density at radius 3 is 2.93 bits per heavy atom. The monoisotopic (exact) mass is 385 g/mol. The maximum absolute atomic E-state index is 13.6. The third-order valence-corrected chi connectivity index (χ3v) is 5.03. The Morgan fingerprint density at radius 1 is 1.21 bits per heavy atom. The van der Waals surface area contributed by atoms with Crippen molar-refractivity contribution in [1.82, 2.24) is 15.5 Å². The highest BCUT2D eigenvalue weighted by Crippen LogP contribution is 2.30. The molecule has 148 valence electrons. The predicted molar refractivity (Wildman–Crippen MR) is 103 cm³/mol. The molecule has 0 bridgehead atoms. The summed E-state index contributed by atoms with van der Waals surface area (Å²) in [5, 5.41) is 6.25. The minimum Gasteiger partial charge on any atom is -0.486 e. The first kappa shape index (κ1) is 18.7. The van der Waals surface area contributed by atoms with Crippen LogP contribution in [0.15, 0.2) is 48.5 Å². The van der Waals surface area contributed by atoms with Gasteiger partial charge in [-0.25, -0.2) is 4.39 Å². The average Bonchev–Trinajstić information content (AvgIpc) is 2.72. The van der Waals surface area contributed by atoms with Crippen LogP contribution in [-0.4, -0.2) is 56.2 Å². The van der Waals surface area contributed by atoms with Crippen LogP contribution in [0, 0.1) is 5.82 Å². The molecular weight excluding hydrogens is 361 g/mol. The van der Waals surface area contributed by atoms with E-state index in [-0.39, 0.29) is 30.4 Å². The molecule has 0 spiro atoms. The number of carbonyl (C=O) groups is 1. The normalized spacial score (nSPS) is 21.9. The van der Waals surface area contributed by atoms with Gasteiger partial charge in [0.1, 0.15) is 18.5 Å². The Kier molecular flexibility index (Phi) is 5.73. The zero-order valence-corrected chi connectivity index (χ0v) is 15.6. The summed E-state index contributed by atoms with van der Waals surface area (Å²) in [5.41, 5.74) is 0.876. The highest BCUT2D eigenvalue weighted by atomic mass is 19.1. The Hall–Kier alpha value is -2.64. The first-order valence-corrected chi connectivity index (χ1v) is 9.54. The Labute approximate surface area is 163 Å². The van der Waals surface area contributed by atoms with Gasteiger partial charge >= 0.3 is 0 Å². The van der Waals surface area contributed by atoms with Crippen molar-refractivity contribution in [2.75, 3.05) is 39.3 Å². The molecule has 2 aromatic rings. The number of benzene rings is 2. The molecule has 1 amide bonds. The lowest BCUT2D eigenvalue weighted by molar-refractivity contribution is -0.123. The fraction of sp³-hybridized carbons (Fsp3) is 0.381. The van der Waals surface area contributed by atoms with Crippen molar-refractivity contribution in [3.05, 3.63) is 59.9 Å². The van der Waals surface area contributed by atoms with E-state index in [1.807, 2.05) is 30.3 Å². The van der Waals surface area contributed by atoms with Crippen molar-refractivity contribution < 1.29 is 18.7 Å². The number of rotatable bonds is 5. The van der Waals surface area contributed by atoms with Crippen LogP contribution < -0.4 is 20.1 Å². The second kappa shape index (κ2) is 8.58. The fourth-order valence-electron chi connectivity index (χ4n) is 3.61. The van der Waals surface area contributed by atoms with Gasteiger partial charge in [0.2, 0.25) is 5.91 Å². The van der Waals surface area contributed by atoms with Crippen molar-refractivity contribution in [2.24, 2.45) is 0 Å². The van der Waals surface area contributed by atoms with Gasteiger partial charge in [-0.3, -0.25) is 9.69 Å². The summed E-state index contributed by atoms with van der Waals surface area (Å²) in [5.74, 6) is 1.08. The summed E-state index contributed by atoms with van der Waals surface area (Å²) in [7, 11) is 0. The van der Waals surface area contributed by atoms with E-state index in [0.717, 1.165) is 24.4 Å². The van der Waals surface area contributed by atoms with Crippen molar-refractivity contribution in [3.63, 3.8) is 0 Å². The van der Waals surface area contributed by atoms with Crippen molar-refractivity contribution in [2.45, 2.75) is 12.1 Å². The molecule has 2 aliphatic rings. The molecule has 28 heavy (non-hydrogen) atoms. The minimum absolute atomic E-state index is 0.0312. The summed E-state index contributed by atoms with van der Waals surface area (Å²) in [6.45, 7) is 3.25. The summed E-state index contributed by atoms with van der Waals surface area (Å²) < 4.78 is 25.1. The number of fused-ring (bicyclic) bond motifs is 1. The predicted octanol–water partition coefficient (Wildman–Crippen LogP) is 1.73. The molecule has 0 radical (unpaired) electrons. The van der Waals surface area contributed by atoms with Crippen molar-refractivity contribution >= 4 is 5.91 Å². The molecule has 1 saturated heterocycles. The van der Waals surface area contributed by atoms with E-state index in [0.29, 0.717) is 25.4 Å². The summed E-state index contributed by atoms with van der Waals surface area (Å²) in [6.07, 6.45) is -0.221. The zero-order valence-electron chi connectivity index (χ0n) is 15.6. The van der Waals surface area contributed by atoms with E-state index < -0.39 is 0 Å². The molecule has 0 aliphatic carbocycles. The van der Waals surface area contributed by atoms with Gasteiger partial charge in [0.25, 0.3) is 0 Å². The van der Waals surface area contributed by atoms with Crippen LogP contribution >= 0.6 is 0 Å². The van der Waals surface area contributed by atoms with E-state index in [2.05, 4.69) is 15.5 Å². The maximum Gasteiger partial charge on any atom is 0.234 e. The molecule has 0 aromatic heterocycles. The third kappa shape index (κ3) is 4.43. The molecule has 7 heteroatoms. The smallest absolute Gasteiger partial charge is 0.234 e. The summed E-state index contributed by atoms with van der Waals surface area (Å²) >= 11 is 0. The number of hydrogen-bond acceptors (Lipinski definition) is 5. The van der Waals surface area contributed by atoms with Crippen LogP contribution in [0.4, 0.5) is 4.39 Å². The third-order valence-electron chi connectivity index (χ3n) is 5.03. The Balaban J connectivity index is 1.31. The number of ether oxygens (including phenoxy) is 2. The van der Waals surface area contributed by atoms with E-state index in [1.54, 1.807) is 6.07 Å². The topological polar surface area (TPSA) is 62.8 Å². The molecule has 2 aliphatic heterocycles. The fourth-order valence-corrected chi connectivity index (χ4v) is 3.61. The summed E-state index contributed by atoms with van der Waals surface area (Å²) in [6, 6.07) is 14.0. The van der Waals surface area contributed by atoms with Gasteiger partial charge in [-0.05, 0) is 29.8 Å². The van der Waals surface area contributed by atoms with Crippen molar-refractivity contribution in [3.8, 4) is 11.5 Å². The second-order valence-electron chi connectivity index (χ2n) is 7.05. The van der Waals surface area contributed by atoms with Gasteiger partial charge in [0, 0.05) is 25.7 Å². The Bertz CT molecular complexity index is 832. The van der Waals surface area contributed by atoms with Gasteiger partial charge in [0.15, 0.2) is 11.5 Å². The summed E-state index contributed by atoms with van der Waals surface area (Å²) in [4.78, 5) is 14.6. The number of carbonyl (C=O) groups excluding carboxylic acids is 1. The highest BCUT2D eigenvalue weighted by molar-refractivity contribution is 5.78. The number of halogens is 1.